The molecular formula is C19H24N2O5. The SMILES string of the molecule is CCOCn1c(Cc2cccc(OCC3CO3)c2)c(CC)c(=O)[nH]c1=O. The molecule has 0 saturated carbocycles. The first-order chi connectivity index (χ1) is 12.6. The van der Waals surface area contributed by atoms with Crippen LogP contribution in [0.4, 0.5) is 0 Å². The summed E-state index contributed by atoms with van der Waals surface area (Å²) < 4.78 is 17.8. The summed E-state index contributed by atoms with van der Waals surface area (Å²) in [5.41, 5.74) is 1.45. The molecule has 1 aromatic carbocycles. The van der Waals surface area contributed by atoms with Crippen molar-refractivity contribution in [2.75, 3.05) is 19.8 Å². The largest absolute Gasteiger partial charge is 0.491 e. The molecular weight excluding hydrogens is 336 g/mol. The average molecular weight is 360 g/mol. The van der Waals surface area contributed by atoms with E-state index in [0.29, 0.717) is 37.3 Å². The van der Waals surface area contributed by atoms with E-state index >= 15 is 0 Å². The maximum atomic E-state index is 12.3. The zero-order valence-electron chi connectivity index (χ0n) is 15.1. The van der Waals surface area contributed by atoms with E-state index in [1.54, 1.807) is 0 Å². The second-order valence-corrected chi connectivity index (χ2v) is 6.18. The maximum absolute atomic E-state index is 12.3. The molecule has 0 amide bonds. The molecule has 2 heterocycles. The van der Waals surface area contributed by atoms with Crippen LogP contribution in [0.1, 0.15) is 30.7 Å². The molecule has 0 bridgehead atoms. The van der Waals surface area contributed by atoms with Gasteiger partial charge in [0.05, 0.1) is 6.61 Å². The molecule has 140 valence electrons. The molecule has 1 unspecified atom stereocenters. The smallest absolute Gasteiger partial charge is 0.330 e. The van der Waals surface area contributed by atoms with Gasteiger partial charge in [0.2, 0.25) is 0 Å². The van der Waals surface area contributed by atoms with Crippen LogP contribution in [-0.2, 0) is 29.0 Å². The number of ether oxygens (including phenoxy) is 3. The fraction of sp³-hybridized carbons (Fsp3) is 0.474. The summed E-state index contributed by atoms with van der Waals surface area (Å²) in [6.45, 7) is 5.64. The number of H-pyrrole nitrogens is 1. The standard InChI is InChI=1S/C19H24N2O5/c1-3-16-17(21(12-24-4-2)19(23)20-18(16)22)9-13-6-5-7-14(8-13)25-10-15-11-26-15/h5-8,15H,3-4,9-12H2,1-2H3,(H,20,22,23). The van der Waals surface area contributed by atoms with Crippen LogP contribution >= 0.6 is 0 Å². The summed E-state index contributed by atoms with van der Waals surface area (Å²) in [5, 5.41) is 0. The molecule has 1 fully saturated rings. The third kappa shape index (κ3) is 4.42. The molecule has 0 aliphatic carbocycles. The lowest BCUT2D eigenvalue weighted by atomic mass is 10.0. The Morgan fingerprint density at radius 3 is 2.81 bits per heavy atom. The molecule has 1 saturated heterocycles. The van der Waals surface area contributed by atoms with Gasteiger partial charge in [0.15, 0.2) is 0 Å². The molecule has 3 rings (SSSR count). The number of nitrogens with one attached hydrogen (secondary N) is 1. The highest BCUT2D eigenvalue weighted by Crippen LogP contribution is 2.19. The highest BCUT2D eigenvalue weighted by Gasteiger charge is 2.23. The van der Waals surface area contributed by atoms with E-state index in [0.717, 1.165) is 17.9 Å². The molecule has 2 aromatic rings. The predicted octanol–water partition coefficient (Wildman–Crippen LogP) is 1.46. The van der Waals surface area contributed by atoms with Crippen molar-refractivity contribution in [3.05, 3.63) is 61.9 Å². The topological polar surface area (TPSA) is 85.8 Å². The molecule has 1 atom stereocenters. The summed E-state index contributed by atoms with van der Waals surface area (Å²) in [6, 6.07) is 7.68. The maximum Gasteiger partial charge on any atom is 0.330 e. The highest BCUT2D eigenvalue weighted by atomic mass is 16.6. The van der Waals surface area contributed by atoms with Gasteiger partial charge < -0.3 is 14.2 Å². The quantitative estimate of drug-likeness (QED) is 0.684. The molecule has 0 radical (unpaired) electrons. The average Bonchev–Trinajstić information content (AvgIpc) is 3.44. The van der Waals surface area contributed by atoms with Gasteiger partial charge in [-0.2, -0.15) is 0 Å². The first-order valence-electron chi connectivity index (χ1n) is 8.88. The lowest BCUT2D eigenvalue weighted by Crippen LogP contribution is -2.36. The van der Waals surface area contributed by atoms with Gasteiger partial charge in [-0.05, 0) is 31.0 Å². The number of benzene rings is 1. The summed E-state index contributed by atoms with van der Waals surface area (Å²) in [7, 11) is 0. The minimum atomic E-state index is -0.450. The monoisotopic (exact) mass is 360 g/mol. The third-order valence-electron chi connectivity index (χ3n) is 4.30. The second-order valence-electron chi connectivity index (χ2n) is 6.18. The molecule has 0 spiro atoms. The van der Waals surface area contributed by atoms with E-state index in [2.05, 4.69) is 4.98 Å². The zero-order chi connectivity index (χ0) is 18.5. The second kappa shape index (κ2) is 8.33. The first-order valence-corrected chi connectivity index (χ1v) is 8.88. The Kier molecular flexibility index (Phi) is 5.90. The molecule has 7 heteroatoms. The van der Waals surface area contributed by atoms with Crippen LogP contribution in [-0.4, -0.2) is 35.5 Å². The number of epoxide rings is 1. The van der Waals surface area contributed by atoms with Crippen molar-refractivity contribution in [1.82, 2.24) is 9.55 Å². The van der Waals surface area contributed by atoms with Crippen LogP contribution in [0.15, 0.2) is 33.9 Å². The van der Waals surface area contributed by atoms with Crippen LogP contribution in [0.5, 0.6) is 5.75 Å². The number of rotatable bonds is 9. The van der Waals surface area contributed by atoms with Gasteiger partial charge in [-0.1, -0.05) is 19.1 Å². The van der Waals surface area contributed by atoms with Crippen molar-refractivity contribution < 1.29 is 14.2 Å². The van der Waals surface area contributed by atoms with Crippen LogP contribution in [0, 0.1) is 0 Å². The van der Waals surface area contributed by atoms with Gasteiger partial charge in [0, 0.05) is 24.3 Å². The number of aromatic nitrogens is 2. The van der Waals surface area contributed by atoms with Crippen molar-refractivity contribution in [3.63, 3.8) is 0 Å². The van der Waals surface area contributed by atoms with E-state index < -0.39 is 5.69 Å². The van der Waals surface area contributed by atoms with Crippen molar-refractivity contribution in [3.8, 4) is 5.75 Å². The Morgan fingerprint density at radius 1 is 1.31 bits per heavy atom. The number of aromatic amines is 1. The molecule has 1 N–H and O–H groups in total. The molecule has 1 aliphatic heterocycles. The van der Waals surface area contributed by atoms with Crippen LogP contribution in [0.3, 0.4) is 0 Å². The molecule has 1 aromatic heterocycles. The van der Waals surface area contributed by atoms with Crippen LogP contribution in [0.2, 0.25) is 0 Å². The van der Waals surface area contributed by atoms with Crippen molar-refractivity contribution in [2.45, 2.75) is 39.5 Å². The number of nitrogens with zero attached hydrogens (tertiary/aromatic N) is 1. The summed E-state index contributed by atoms with van der Waals surface area (Å²) in [6.07, 6.45) is 1.17. The van der Waals surface area contributed by atoms with Gasteiger partial charge in [0.25, 0.3) is 5.56 Å². The van der Waals surface area contributed by atoms with Gasteiger partial charge >= 0.3 is 5.69 Å². The van der Waals surface area contributed by atoms with E-state index in [9.17, 15) is 9.59 Å². The lowest BCUT2D eigenvalue weighted by Gasteiger charge is -2.16. The Morgan fingerprint density at radius 2 is 2.12 bits per heavy atom. The van der Waals surface area contributed by atoms with Gasteiger partial charge in [-0.25, -0.2) is 4.79 Å². The Labute approximate surface area is 151 Å². The molecule has 7 nitrogen and oxygen atoms in total. The van der Waals surface area contributed by atoms with Crippen LogP contribution < -0.4 is 16.0 Å². The van der Waals surface area contributed by atoms with Gasteiger partial charge in [0.1, 0.15) is 25.2 Å². The van der Waals surface area contributed by atoms with E-state index in [1.807, 2.05) is 38.1 Å². The molecule has 1 aliphatic rings. The Balaban J connectivity index is 1.90. The van der Waals surface area contributed by atoms with Crippen molar-refractivity contribution >= 4 is 0 Å². The number of hydrogen-bond acceptors (Lipinski definition) is 5. The fourth-order valence-corrected chi connectivity index (χ4v) is 2.83. The fourth-order valence-electron chi connectivity index (χ4n) is 2.83. The minimum absolute atomic E-state index is 0.115. The Bertz CT molecular complexity index is 867. The lowest BCUT2D eigenvalue weighted by molar-refractivity contribution is 0.0822. The van der Waals surface area contributed by atoms with E-state index in [4.69, 9.17) is 14.2 Å². The summed E-state index contributed by atoms with van der Waals surface area (Å²) in [4.78, 5) is 26.9. The first kappa shape index (κ1) is 18.4. The van der Waals surface area contributed by atoms with Crippen molar-refractivity contribution in [2.24, 2.45) is 0 Å². The Hall–Kier alpha value is -2.38. The van der Waals surface area contributed by atoms with Gasteiger partial charge in [-0.15, -0.1) is 0 Å². The number of hydrogen-bond donors (Lipinski definition) is 1. The minimum Gasteiger partial charge on any atom is -0.491 e. The summed E-state index contributed by atoms with van der Waals surface area (Å²) >= 11 is 0. The van der Waals surface area contributed by atoms with Crippen LogP contribution in [0.25, 0.3) is 0 Å². The van der Waals surface area contributed by atoms with Crippen molar-refractivity contribution in [1.29, 1.82) is 0 Å². The van der Waals surface area contributed by atoms with Gasteiger partial charge in [-0.3, -0.25) is 14.3 Å². The highest BCUT2D eigenvalue weighted by molar-refractivity contribution is 5.33. The van der Waals surface area contributed by atoms with E-state index in [1.165, 1.54) is 4.57 Å². The third-order valence-corrected chi connectivity index (χ3v) is 4.30. The summed E-state index contributed by atoms with van der Waals surface area (Å²) in [5.74, 6) is 0.750. The van der Waals surface area contributed by atoms with E-state index in [-0.39, 0.29) is 18.4 Å². The normalized spacial score (nSPS) is 15.8. The predicted molar refractivity (Wildman–Crippen MR) is 96.8 cm³/mol. The zero-order valence-corrected chi connectivity index (χ0v) is 15.1. The molecule has 26 heavy (non-hydrogen) atoms.